The van der Waals surface area contributed by atoms with E-state index in [4.69, 9.17) is 0 Å². The molecule has 0 heterocycles. The summed E-state index contributed by atoms with van der Waals surface area (Å²) in [6.07, 6.45) is 0.212. The van der Waals surface area contributed by atoms with Gasteiger partial charge in [-0.15, -0.1) is 0 Å². The van der Waals surface area contributed by atoms with Gasteiger partial charge in [-0.1, -0.05) is 18.6 Å². The third-order valence-electron chi connectivity index (χ3n) is 4.09. The van der Waals surface area contributed by atoms with Crippen LogP contribution in [0.2, 0.25) is 0 Å². The molecule has 0 saturated heterocycles. The monoisotopic (exact) mass is 271 g/mol. The van der Waals surface area contributed by atoms with Gasteiger partial charge >= 0.3 is 6.18 Å². The number of alkyl halides is 3. The Morgan fingerprint density at radius 1 is 1.05 bits per heavy atom. The highest BCUT2D eigenvalue weighted by molar-refractivity contribution is 5.27. The first-order chi connectivity index (χ1) is 8.88. The first-order valence-corrected chi connectivity index (χ1v) is 6.71. The van der Waals surface area contributed by atoms with Crippen molar-refractivity contribution in [3.63, 3.8) is 0 Å². The lowest BCUT2D eigenvalue weighted by Crippen LogP contribution is -2.32. The van der Waals surface area contributed by atoms with Gasteiger partial charge in [0.2, 0.25) is 0 Å². The van der Waals surface area contributed by atoms with Crippen molar-refractivity contribution in [1.82, 2.24) is 4.90 Å². The van der Waals surface area contributed by atoms with Crippen LogP contribution in [-0.2, 0) is 6.18 Å². The molecule has 0 radical (unpaired) electrons. The Morgan fingerprint density at radius 2 is 1.68 bits per heavy atom. The molecule has 1 aromatic rings. The standard InChI is InChI=1S/C15H20F3N/c1-19(2)14-5-3-4-12(10-14)11-6-8-13(9-7-11)15(16,17)18/h6-9,12,14H,3-5,10H2,1-2H3/t12-,14+/m0/s1. The number of halogens is 3. The Labute approximate surface area is 112 Å². The normalized spacial score (nSPS) is 24.7. The van der Waals surface area contributed by atoms with E-state index in [9.17, 15) is 13.2 Å². The smallest absolute Gasteiger partial charge is 0.306 e. The zero-order valence-corrected chi connectivity index (χ0v) is 11.4. The van der Waals surface area contributed by atoms with Crippen LogP contribution in [-0.4, -0.2) is 25.0 Å². The third-order valence-corrected chi connectivity index (χ3v) is 4.09. The van der Waals surface area contributed by atoms with Crippen LogP contribution in [0.4, 0.5) is 13.2 Å². The molecule has 0 amide bonds. The summed E-state index contributed by atoms with van der Waals surface area (Å²) in [6, 6.07) is 6.24. The molecule has 1 aromatic carbocycles. The summed E-state index contributed by atoms with van der Waals surface area (Å²) in [4.78, 5) is 2.22. The van der Waals surface area contributed by atoms with Crippen molar-refractivity contribution >= 4 is 0 Å². The fraction of sp³-hybridized carbons (Fsp3) is 0.600. The molecule has 0 bridgehead atoms. The highest BCUT2D eigenvalue weighted by atomic mass is 19.4. The van der Waals surface area contributed by atoms with Crippen LogP contribution in [0.3, 0.4) is 0 Å². The molecule has 0 aliphatic heterocycles. The third kappa shape index (κ3) is 3.50. The van der Waals surface area contributed by atoms with Crippen LogP contribution in [0.1, 0.15) is 42.7 Å². The van der Waals surface area contributed by atoms with Gasteiger partial charge in [0.15, 0.2) is 0 Å². The van der Waals surface area contributed by atoms with Gasteiger partial charge in [0.25, 0.3) is 0 Å². The molecule has 0 N–H and O–H groups in total. The van der Waals surface area contributed by atoms with E-state index in [1.807, 2.05) is 0 Å². The quantitative estimate of drug-likeness (QED) is 0.775. The topological polar surface area (TPSA) is 3.24 Å². The molecule has 0 aromatic heterocycles. The van der Waals surface area contributed by atoms with Gasteiger partial charge in [-0.05, 0) is 57.0 Å². The van der Waals surface area contributed by atoms with Gasteiger partial charge in [-0.2, -0.15) is 13.2 Å². The summed E-state index contributed by atoms with van der Waals surface area (Å²) in [6.45, 7) is 0. The second-order valence-corrected chi connectivity index (χ2v) is 5.60. The number of rotatable bonds is 2. The molecule has 106 valence electrons. The van der Waals surface area contributed by atoms with Crippen LogP contribution in [0.25, 0.3) is 0 Å². The molecule has 1 nitrogen and oxygen atoms in total. The van der Waals surface area contributed by atoms with E-state index in [0.29, 0.717) is 12.0 Å². The molecule has 1 saturated carbocycles. The Morgan fingerprint density at radius 3 is 2.21 bits per heavy atom. The summed E-state index contributed by atoms with van der Waals surface area (Å²) < 4.78 is 37.6. The second-order valence-electron chi connectivity index (χ2n) is 5.60. The average Bonchev–Trinajstić information content (AvgIpc) is 2.38. The van der Waals surface area contributed by atoms with Crippen molar-refractivity contribution in [3.05, 3.63) is 35.4 Å². The Bertz CT molecular complexity index is 408. The van der Waals surface area contributed by atoms with E-state index in [0.717, 1.165) is 24.8 Å². The van der Waals surface area contributed by atoms with Crippen LogP contribution in [0.15, 0.2) is 24.3 Å². The minimum absolute atomic E-state index is 0.392. The zero-order valence-electron chi connectivity index (χ0n) is 11.4. The van der Waals surface area contributed by atoms with Gasteiger partial charge in [0.1, 0.15) is 0 Å². The van der Waals surface area contributed by atoms with Gasteiger partial charge in [0, 0.05) is 6.04 Å². The average molecular weight is 271 g/mol. The molecule has 1 aliphatic carbocycles. The maximum Gasteiger partial charge on any atom is 0.416 e. The molecular formula is C15H20F3N. The first kappa shape index (κ1) is 14.4. The van der Waals surface area contributed by atoms with Crippen LogP contribution < -0.4 is 0 Å². The highest BCUT2D eigenvalue weighted by Crippen LogP contribution is 2.36. The predicted octanol–water partition coefficient (Wildman–Crippen LogP) is 4.29. The van der Waals surface area contributed by atoms with Crippen LogP contribution in [0.5, 0.6) is 0 Å². The van der Waals surface area contributed by atoms with E-state index in [1.54, 1.807) is 12.1 Å². The fourth-order valence-corrected chi connectivity index (χ4v) is 2.88. The molecule has 2 rings (SSSR count). The number of hydrogen-bond acceptors (Lipinski definition) is 1. The highest BCUT2D eigenvalue weighted by Gasteiger charge is 2.31. The second kappa shape index (κ2) is 5.53. The van der Waals surface area contributed by atoms with Crippen molar-refractivity contribution in [3.8, 4) is 0 Å². The van der Waals surface area contributed by atoms with Crippen molar-refractivity contribution in [2.45, 2.75) is 43.8 Å². The van der Waals surface area contributed by atoms with Gasteiger partial charge in [-0.3, -0.25) is 0 Å². The van der Waals surface area contributed by atoms with E-state index < -0.39 is 11.7 Å². The van der Waals surface area contributed by atoms with Crippen molar-refractivity contribution in [2.24, 2.45) is 0 Å². The minimum Gasteiger partial charge on any atom is -0.306 e. The number of hydrogen-bond donors (Lipinski definition) is 0. The van der Waals surface area contributed by atoms with E-state index in [2.05, 4.69) is 19.0 Å². The molecule has 4 heteroatoms. The summed E-state index contributed by atoms with van der Waals surface area (Å²) in [7, 11) is 4.14. The Balaban J connectivity index is 2.10. The zero-order chi connectivity index (χ0) is 14.0. The van der Waals surface area contributed by atoms with Gasteiger partial charge < -0.3 is 4.90 Å². The van der Waals surface area contributed by atoms with Gasteiger partial charge in [-0.25, -0.2) is 0 Å². The molecule has 0 unspecified atom stereocenters. The van der Waals surface area contributed by atoms with Crippen molar-refractivity contribution in [1.29, 1.82) is 0 Å². The summed E-state index contributed by atoms with van der Waals surface area (Å²) in [5, 5.41) is 0. The molecule has 1 fully saturated rings. The number of benzene rings is 1. The molecule has 2 atom stereocenters. The maximum atomic E-state index is 12.5. The van der Waals surface area contributed by atoms with Crippen molar-refractivity contribution in [2.75, 3.05) is 14.1 Å². The SMILES string of the molecule is CN(C)[C@@H]1CCC[C@H](c2ccc(C(F)(F)F)cc2)C1. The lowest BCUT2D eigenvalue weighted by Gasteiger charge is -2.33. The molecule has 1 aliphatic rings. The van der Waals surface area contributed by atoms with Crippen molar-refractivity contribution < 1.29 is 13.2 Å². The van der Waals surface area contributed by atoms with E-state index >= 15 is 0 Å². The minimum atomic E-state index is -4.24. The molecule has 19 heavy (non-hydrogen) atoms. The van der Waals surface area contributed by atoms with E-state index in [-0.39, 0.29) is 0 Å². The molecular weight excluding hydrogens is 251 g/mol. The lowest BCUT2D eigenvalue weighted by molar-refractivity contribution is -0.137. The van der Waals surface area contributed by atoms with Gasteiger partial charge in [0.05, 0.1) is 5.56 Å². The Hall–Kier alpha value is -1.03. The predicted molar refractivity (Wildman–Crippen MR) is 70.1 cm³/mol. The summed E-state index contributed by atoms with van der Waals surface area (Å²) in [5.41, 5.74) is 0.482. The first-order valence-electron chi connectivity index (χ1n) is 6.71. The summed E-state index contributed by atoms with van der Waals surface area (Å²) in [5.74, 6) is 0.392. The molecule has 0 spiro atoms. The lowest BCUT2D eigenvalue weighted by atomic mass is 9.81. The maximum absolute atomic E-state index is 12.5. The van der Waals surface area contributed by atoms with Crippen LogP contribution in [0, 0.1) is 0 Å². The largest absolute Gasteiger partial charge is 0.416 e. The van der Waals surface area contributed by atoms with E-state index in [1.165, 1.54) is 18.6 Å². The number of nitrogens with zero attached hydrogens (tertiary/aromatic N) is 1. The Kier molecular flexibility index (Phi) is 4.19. The van der Waals surface area contributed by atoms with Crippen LogP contribution >= 0.6 is 0 Å². The fourth-order valence-electron chi connectivity index (χ4n) is 2.88. The summed E-state index contributed by atoms with van der Waals surface area (Å²) >= 11 is 0.